The fraction of sp³-hybridized carbons (Fsp3) is 0.318. The van der Waals surface area contributed by atoms with Crippen LogP contribution in [0.2, 0.25) is 0 Å². The van der Waals surface area contributed by atoms with Gasteiger partial charge in [0.1, 0.15) is 10.8 Å². The van der Waals surface area contributed by atoms with E-state index < -0.39 is 0 Å². The van der Waals surface area contributed by atoms with Crippen LogP contribution in [0, 0.1) is 0 Å². The average molecular weight is 425 g/mol. The maximum atomic E-state index is 12.5. The second kappa shape index (κ2) is 9.23. The fourth-order valence-electron chi connectivity index (χ4n) is 3.47. The molecule has 0 atom stereocenters. The van der Waals surface area contributed by atoms with Crippen molar-refractivity contribution >= 4 is 33.4 Å². The predicted octanol–water partition coefficient (Wildman–Crippen LogP) is 2.38. The second-order valence-corrected chi connectivity index (χ2v) is 8.26. The predicted molar refractivity (Wildman–Crippen MR) is 117 cm³/mol. The molecule has 0 aliphatic carbocycles. The monoisotopic (exact) mass is 424 g/mol. The molecule has 4 rings (SSSR count). The molecule has 1 saturated heterocycles. The van der Waals surface area contributed by atoms with Crippen LogP contribution in [0.5, 0.6) is 5.75 Å². The van der Waals surface area contributed by atoms with E-state index in [0.717, 1.165) is 30.2 Å². The lowest BCUT2D eigenvalue weighted by molar-refractivity contribution is -0.131. The summed E-state index contributed by atoms with van der Waals surface area (Å²) >= 11 is 1.72. The molecule has 1 fully saturated rings. The van der Waals surface area contributed by atoms with Crippen molar-refractivity contribution < 1.29 is 14.3 Å². The van der Waals surface area contributed by atoms with Crippen LogP contribution >= 0.6 is 11.3 Å². The number of ether oxygens (including phenoxy) is 1. The van der Waals surface area contributed by atoms with E-state index in [2.05, 4.69) is 16.3 Å². The summed E-state index contributed by atoms with van der Waals surface area (Å²) in [5.41, 5.74) is 1.51. The average Bonchev–Trinajstić information content (AvgIpc) is 3.20. The molecule has 2 heterocycles. The van der Waals surface area contributed by atoms with Crippen molar-refractivity contribution in [2.75, 3.05) is 39.8 Å². The lowest BCUT2D eigenvalue weighted by Gasteiger charge is -2.34. The highest BCUT2D eigenvalue weighted by Gasteiger charge is 2.22. The Morgan fingerprint density at radius 3 is 2.67 bits per heavy atom. The summed E-state index contributed by atoms with van der Waals surface area (Å²) in [4.78, 5) is 33.6. The number of nitrogens with zero attached hydrogens (tertiary/aromatic N) is 3. The van der Waals surface area contributed by atoms with E-state index in [9.17, 15) is 9.59 Å². The molecule has 30 heavy (non-hydrogen) atoms. The van der Waals surface area contributed by atoms with E-state index in [1.165, 1.54) is 4.70 Å². The van der Waals surface area contributed by atoms with Crippen molar-refractivity contribution in [1.29, 1.82) is 0 Å². The van der Waals surface area contributed by atoms with E-state index >= 15 is 0 Å². The Morgan fingerprint density at radius 2 is 1.90 bits per heavy atom. The molecule has 3 aromatic rings. The zero-order valence-corrected chi connectivity index (χ0v) is 17.7. The van der Waals surface area contributed by atoms with Crippen LogP contribution in [0.3, 0.4) is 0 Å². The van der Waals surface area contributed by atoms with Crippen molar-refractivity contribution in [3.63, 3.8) is 0 Å². The summed E-state index contributed by atoms with van der Waals surface area (Å²) in [6, 6.07) is 15.0. The van der Waals surface area contributed by atoms with Gasteiger partial charge in [-0.1, -0.05) is 18.2 Å². The molecule has 1 N–H and O–H groups in total. The van der Waals surface area contributed by atoms with Crippen LogP contribution in [-0.2, 0) is 11.3 Å². The van der Waals surface area contributed by atoms with Gasteiger partial charge >= 0.3 is 0 Å². The Hall–Kier alpha value is -2.97. The van der Waals surface area contributed by atoms with Crippen molar-refractivity contribution in [3.05, 3.63) is 59.1 Å². The minimum atomic E-state index is -0.281. The summed E-state index contributed by atoms with van der Waals surface area (Å²) < 4.78 is 6.33. The van der Waals surface area contributed by atoms with Crippen LogP contribution in [0.25, 0.3) is 10.2 Å². The molecule has 8 heteroatoms. The number of methoxy groups -OCH3 is 1. The SMILES string of the molecule is COc1cccc(C(=O)NCC(=O)N2CCN(Cc3nc4ccccc4s3)CC2)c1. The highest BCUT2D eigenvalue weighted by atomic mass is 32.1. The van der Waals surface area contributed by atoms with Gasteiger partial charge in [0.15, 0.2) is 0 Å². The molecule has 2 aromatic carbocycles. The minimum absolute atomic E-state index is 0.00604. The maximum Gasteiger partial charge on any atom is 0.251 e. The number of fused-ring (bicyclic) bond motifs is 1. The number of nitrogens with one attached hydrogen (secondary N) is 1. The summed E-state index contributed by atoms with van der Waals surface area (Å²) in [6.45, 7) is 3.69. The molecule has 0 bridgehead atoms. The van der Waals surface area contributed by atoms with Gasteiger partial charge in [-0.15, -0.1) is 11.3 Å². The van der Waals surface area contributed by atoms with Crippen molar-refractivity contribution in [2.24, 2.45) is 0 Å². The van der Waals surface area contributed by atoms with Gasteiger partial charge in [0, 0.05) is 31.7 Å². The van der Waals surface area contributed by atoms with Gasteiger partial charge < -0.3 is 15.0 Å². The number of amides is 2. The first kappa shape index (κ1) is 20.3. The smallest absolute Gasteiger partial charge is 0.251 e. The number of rotatable bonds is 6. The van der Waals surface area contributed by atoms with Crippen molar-refractivity contribution in [2.45, 2.75) is 6.54 Å². The number of aromatic nitrogens is 1. The van der Waals surface area contributed by atoms with Gasteiger partial charge in [-0.05, 0) is 30.3 Å². The zero-order valence-electron chi connectivity index (χ0n) is 16.8. The quantitative estimate of drug-likeness (QED) is 0.658. The molecule has 156 valence electrons. The molecule has 1 aromatic heterocycles. The number of benzene rings is 2. The molecule has 1 aliphatic heterocycles. The number of thiazole rings is 1. The van der Waals surface area contributed by atoms with Crippen LogP contribution in [0.15, 0.2) is 48.5 Å². The number of carbonyl (C=O) groups is 2. The van der Waals surface area contributed by atoms with E-state index in [0.29, 0.717) is 24.4 Å². The molecular weight excluding hydrogens is 400 g/mol. The van der Waals surface area contributed by atoms with Gasteiger partial charge in [0.2, 0.25) is 5.91 Å². The molecule has 0 radical (unpaired) electrons. The Labute approximate surface area is 179 Å². The van der Waals surface area contributed by atoms with Crippen molar-refractivity contribution in [3.8, 4) is 5.75 Å². The number of hydrogen-bond donors (Lipinski definition) is 1. The molecule has 0 saturated carbocycles. The largest absolute Gasteiger partial charge is 0.497 e. The van der Waals surface area contributed by atoms with E-state index in [-0.39, 0.29) is 18.4 Å². The van der Waals surface area contributed by atoms with E-state index in [1.54, 1.807) is 47.6 Å². The first-order chi connectivity index (χ1) is 14.6. The van der Waals surface area contributed by atoms with Gasteiger partial charge in [-0.2, -0.15) is 0 Å². The fourth-order valence-corrected chi connectivity index (χ4v) is 4.48. The summed E-state index contributed by atoms with van der Waals surface area (Å²) in [5, 5.41) is 3.80. The third-order valence-corrected chi connectivity index (χ3v) is 6.18. The Balaban J connectivity index is 1.24. The first-order valence-corrected chi connectivity index (χ1v) is 10.7. The highest BCUT2D eigenvalue weighted by Crippen LogP contribution is 2.23. The lowest BCUT2D eigenvalue weighted by Crippen LogP contribution is -2.50. The maximum absolute atomic E-state index is 12.5. The molecule has 1 aliphatic rings. The lowest BCUT2D eigenvalue weighted by atomic mass is 10.2. The third kappa shape index (κ3) is 4.77. The van der Waals surface area contributed by atoms with Crippen LogP contribution in [0.4, 0.5) is 0 Å². The summed E-state index contributed by atoms with van der Waals surface area (Å²) in [6.07, 6.45) is 0. The van der Waals surface area contributed by atoms with Crippen molar-refractivity contribution in [1.82, 2.24) is 20.1 Å². The molecule has 0 spiro atoms. The molecular formula is C22H24N4O3S. The van der Waals surface area contributed by atoms with Gasteiger partial charge in [0.25, 0.3) is 5.91 Å². The van der Waals surface area contributed by atoms with Gasteiger partial charge in [-0.3, -0.25) is 14.5 Å². The standard InChI is InChI=1S/C22H24N4O3S/c1-29-17-6-4-5-16(13-17)22(28)23-14-21(27)26-11-9-25(10-12-26)15-20-24-18-7-2-3-8-19(18)30-20/h2-8,13H,9-12,14-15H2,1H3,(H,23,28). The Kier molecular flexibility index (Phi) is 6.25. The zero-order chi connectivity index (χ0) is 20.9. The minimum Gasteiger partial charge on any atom is -0.497 e. The van der Waals surface area contributed by atoms with Crippen LogP contribution in [0.1, 0.15) is 15.4 Å². The number of hydrogen-bond acceptors (Lipinski definition) is 6. The molecule has 7 nitrogen and oxygen atoms in total. The third-order valence-electron chi connectivity index (χ3n) is 5.15. The van der Waals surface area contributed by atoms with Crippen LogP contribution < -0.4 is 10.1 Å². The molecule has 2 amide bonds. The van der Waals surface area contributed by atoms with E-state index in [1.807, 2.05) is 18.2 Å². The Bertz CT molecular complexity index is 1010. The number of piperazine rings is 1. The first-order valence-electron chi connectivity index (χ1n) is 9.89. The molecule has 0 unspecified atom stereocenters. The normalized spacial score (nSPS) is 14.6. The van der Waals surface area contributed by atoms with Gasteiger partial charge in [-0.25, -0.2) is 4.98 Å². The van der Waals surface area contributed by atoms with E-state index in [4.69, 9.17) is 9.72 Å². The number of para-hydroxylation sites is 1. The Morgan fingerprint density at radius 1 is 1.10 bits per heavy atom. The number of carbonyl (C=O) groups excluding carboxylic acids is 2. The second-order valence-electron chi connectivity index (χ2n) is 7.15. The summed E-state index contributed by atoms with van der Waals surface area (Å²) in [7, 11) is 1.55. The summed E-state index contributed by atoms with van der Waals surface area (Å²) in [5.74, 6) is 0.265. The topological polar surface area (TPSA) is 74.8 Å². The van der Waals surface area contributed by atoms with Crippen LogP contribution in [-0.4, -0.2) is 66.4 Å². The highest BCUT2D eigenvalue weighted by molar-refractivity contribution is 7.18. The van der Waals surface area contributed by atoms with Gasteiger partial charge in [0.05, 0.1) is 30.4 Å².